The Hall–Kier alpha value is -1.46. The van der Waals surface area contributed by atoms with Crippen LogP contribution in [0.1, 0.15) is 29.6 Å². The van der Waals surface area contributed by atoms with Crippen molar-refractivity contribution in [3.63, 3.8) is 0 Å². The molecule has 108 valence electrons. The van der Waals surface area contributed by atoms with Gasteiger partial charge in [0, 0.05) is 38.6 Å². The Balaban J connectivity index is 1.60. The molecule has 1 aromatic rings. The van der Waals surface area contributed by atoms with E-state index in [0.29, 0.717) is 11.0 Å². The topological polar surface area (TPSA) is 45.7 Å². The number of carbonyl (C=O) groups is 1. The Kier molecular flexibility index (Phi) is 3.72. The maximum Gasteiger partial charge on any atom is 0.255 e. The SMILES string of the molecule is CON1CCC2(CCN(C(=O)c3cccnc3)CC2)C1. The van der Waals surface area contributed by atoms with Crippen molar-refractivity contribution in [2.24, 2.45) is 5.41 Å². The monoisotopic (exact) mass is 275 g/mol. The highest BCUT2D eigenvalue weighted by Crippen LogP contribution is 2.40. The molecule has 1 aromatic heterocycles. The van der Waals surface area contributed by atoms with Crippen LogP contribution in [0.5, 0.6) is 0 Å². The molecule has 0 aromatic carbocycles. The van der Waals surface area contributed by atoms with E-state index < -0.39 is 0 Å². The van der Waals surface area contributed by atoms with Crippen molar-refractivity contribution >= 4 is 5.91 Å². The molecule has 2 aliphatic rings. The number of carbonyl (C=O) groups excluding carboxylic acids is 1. The van der Waals surface area contributed by atoms with E-state index in [2.05, 4.69) is 4.98 Å². The molecule has 3 rings (SSSR count). The molecule has 0 radical (unpaired) electrons. The van der Waals surface area contributed by atoms with Gasteiger partial charge in [-0.25, -0.2) is 0 Å². The minimum absolute atomic E-state index is 0.106. The average molecular weight is 275 g/mol. The number of aromatic nitrogens is 1. The molecule has 0 N–H and O–H groups in total. The zero-order valence-electron chi connectivity index (χ0n) is 11.9. The summed E-state index contributed by atoms with van der Waals surface area (Å²) in [6.45, 7) is 3.68. The molecule has 2 saturated heterocycles. The molecule has 5 heteroatoms. The summed E-state index contributed by atoms with van der Waals surface area (Å²) in [5.74, 6) is 0.106. The molecular formula is C15H21N3O2. The molecular weight excluding hydrogens is 254 g/mol. The first-order valence-corrected chi connectivity index (χ1v) is 7.21. The number of amides is 1. The molecule has 0 bridgehead atoms. The highest BCUT2D eigenvalue weighted by molar-refractivity contribution is 5.93. The highest BCUT2D eigenvalue weighted by Gasteiger charge is 2.41. The Morgan fingerprint density at radius 1 is 1.30 bits per heavy atom. The van der Waals surface area contributed by atoms with Crippen molar-refractivity contribution in [1.29, 1.82) is 0 Å². The van der Waals surface area contributed by atoms with E-state index in [0.717, 1.165) is 39.0 Å². The first kappa shape index (κ1) is 13.5. The summed E-state index contributed by atoms with van der Waals surface area (Å²) in [7, 11) is 1.74. The quantitative estimate of drug-likeness (QED) is 0.822. The van der Waals surface area contributed by atoms with Crippen LogP contribution < -0.4 is 0 Å². The first-order chi connectivity index (χ1) is 9.72. The molecule has 0 unspecified atom stereocenters. The van der Waals surface area contributed by atoms with E-state index in [1.807, 2.05) is 22.1 Å². The second kappa shape index (κ2) is 5.50. The third-order valence-electron chi connectivity index (χ3n) is 4.68. The van der Waals surface area contributed by atoms with E-state index in [1.54, 1.807) is 19.5 Å². The average Bonchev–Trinajstić information content (AvgIpc) is 2.91. The minimum atomic E-state index is 0.106. The fraction of sp³-hybridized carbons (Fsp3) is 0.600. The molecule has 2 aliphatic heterocycles. The fourth-order valence-corrected chi connectivity index (χ4v) is 3.31. The summed E-state index contributed by atoms with van der Waals surface area (Å²) < 4.78 is 0. The van der Waals surface area contributed by atoms with Gasteiger partial charge >= 0.3 is 0 Å². The summed E-state index contributed by atoms with van der Waals surface area (Å²) in [5.41, 5.74) is 1.04. The Labute approximate surface area is 119 Å². The second-order valence-electron chi connectivity index (χ2n) is 5.83. The lowest BCUT2D eigenvalue weighted by Crippen LogP contribution is -2.44. The van der Waals surface area contributed by atoms with Crippen molar-refractivity contribution in [2.75, 3.05) is 33.3 Å². The first-order valence-electron chi connectivity index (χ1n) is 7.21. The van der Waals surface area contributed by atoms with Crippen molar-refractivity contribution < 1.29 is 9.63 Å². The van der Waals surface area contributed by atoms with Crippen LogP contribution in [0.4, 0.5) is 0 Å². The lowest BCUT2D eigenvalue weighted by Gasteiger charge is -2.39. The Bertz CT molecular complexity index is 469. The van der Waals surface area contributed by atoms with E-state index in [1.165, 1.54) is 6.42 Å². The number of hydrogen-bond acceptors (Lipinski definition) is 4. The summed E-state index contributed by atoms with van der Waals surface area (Å²) >= 11 is 0. The van der Waals surface area contributed by atoms with Gasteiger partial charge in [-0.15, -0.1) is 0 Å². The summed E-state index contributed by atoms with van der Waals surface area (Å²) in [6.07, 6.45) is 6.66. The molecule has 20 heavy (non-hydrogen) atoms. The van der Waals surface area contributed by atoms with Crippen LogP contribution >= 0.6 is 0 Å². The van der Waals surface area contributed by atoms with E-state index >= 15 is 0 Å². The largest absolute Gasteiger partial charge is 0.339 e. The molecule has 3 heterocycles. The third kappa shape index (κ3) is 2.55. The van der Waals surface area contributed by atoms with Gasteiger partial charge in [0.1, 0.15) is 0 Å². The van der Waals surface area contributed by atoms with Gasteiger partial charge in [-0.05, 0) is 36.8 Å². The Morgan fingerprint density at radius 3 is 2.65 bits per heavy atom. The molecule has 0 aliphatic carbocycles. The molecule has 5 nitrogen and oxygen atoms in total. The predicted molar refractivity (Wildman–Crippen MR) is 75.0 cm³/mol. The summed E-state index contributed by atoms with van der Waals surface area (Å²) in [5, 5.41) is 2.04. The minimum Gasteiger partial charge on any atom is -0.339 e. The maximum absolute atomic E-state index is 12.4. The molecule has 0 atom stereocenters. The zero-order chi connectivity index (χ0) is 14.0. The standard InChI is InChI=1S/C15H21N3O2/c1-20-18-10-6-15(12-18)4-8-17(9-5-15)14(19)13-3-2-7-16-11-13/h2-3,7,11H,4-6,8-10,12H2,1H3. The van der Waals surface area contributed by atoms with Crippen LogP contribution in [0.3, 0.4) is 0 Å². The zero-order valence-corrected chi connectivity index (χ0v) is 11.9. The molecule has 2 fully saturated rings. The molecule has 1 spiro atoms. The number of rotatable bonds is 2. The lowest BCUT2D eigenvalue weighted by molar-refractivity contribution is -0.121. The number of likely N-dealkylation sites (tertiary alicyclic amines) is 1. The van der Waals surface area contributed by atoms with E-state index in [9.17, 15) is 4.79 Å². The van der Waals surface area contributed by atoms with Gasteiger partial charge in [-0.1, -0.05) is 0 Å². The summed E-state index contributed by atoms with van der Waals surface area (Å²) in [6, 6.07) is 3.65. The normalized spacial score (nSPS) is 22.4. The Morgan fingerprint density at radius 2 is 2.05 bits per heavy atom. The van der Waals surface area contributed by atoms with Crippen molar-refractivity contribution in [3.8, 4) is 0 Å². The number of hydrogen-bond donors (Lipinski definition) is 0. The maximum atomic E-state index is 12.4. The van der Waals surface area contributed by atoms with Crippen LogP contribution in [0.25, 0.3) is 0 Å². The number of pyridine rings is 1. The van der Waals surface area contributed by atoms with Gasteiger partial charge in [0.15, 0.2) is 0 Å². The van der Waals surface area contributed by atoms with Crippen molar-refractivity contribution in [3.05, 3.63) is 30.1 Å². The van der Waals surface area contributed by atoms with Crippen LogP contribution in [0.15, 0.2) is 24.5 Å². The van der Waals surface area contributed by atoms with Gasteiger partial charge in [0.2, 0.25) is 0 Å². The van der Waals surface area contributed by atoms with E-state index in [-0.39, 0.29) is 5.91 Å². The fourth-order valence-electron chi connectivity index (χ4n) is 3.31. The highest BCUT2D eigenvalue weighted by atomic mass is 16.7. The van der Waals surface area contributed by atoms with Crippen LogP contribution in [-0.4, -0.2) is 54.1 Å². The van der Waals surface area contributed by atoms with Gasteiger partial charge in [-0.3, -0.25) is 9.78 Å². The van der Waals surface area contributed by atoms with E-state index in [4.69, 9.17) is 4.84 Å². The third-order valence-corrected chi connectivity index (χ3v) is 4.68. The predicted octanol–water partition coefficient (Wildman–Crippen LogP) is 1.57. The molecule has 0 saturated carbocycles. The van der Waals surface area contributed by atoms with Gasteiger partial charge in [0.05, 0.1) is 12.7 Å². The van der Waals surface area contributed by atoms with Crippen LogP contribution in [0, 0.1) is 5.41 Å². The number of hydroxylamine groups is 2. The van der Waals surface area contributed by atoms with Gasteiger partial charge < -0.3 is 9.74 Å². The number of piperidine rings is 1. The van der Waals surface area contributed by atoms with Crippen molar-refractivity contribution in [1.82, 2.24) is 14.9 Å². The number of nitrogens with zero attached hydrogens (tertiary/aromatic N) is 3. The van der Waals surface area contributed by atoms with Crippen molar-refractivity contribution in [2.45, 2.75) is 19.3 Å². The van der Waals surface area contributed by atoms with Crippen LogP contribution in [0.2, 0.25) is 0 Å². The van der Waals surface area contributed by atoms with Crippen LogP contribution in [-0.2, 0) is 4.84 Å². The van der Waals surface area contributed by atoms with Gasteiger partial charge in [0.25, 0.3) is 5.91 Å². The van der Waals surface area contributed by atoms with Gasteiger partial charge in [-0.2, -0.15) is 5.06 Å². The summed E-state index contributed by atoms with van der Waals surface area (Å²) in [4.78, 5) is 23.7. The molecule has 1 amide bonds. The second-order valence-corrected chi connectivity index (χ2v) is 5.83. The smallest absolute Gasteiger partial charge is 0.255 e. The lowest BCUT2D eigenvalue weighted by atomic mass is 9.78.